The van der Waals surface area contributed by atoms with Gasteiger partial charge < -0.3 is 14.9 Å². The monoisotopic (exact) mass is 457 g/mol. The number of hydrogen-bond donors (Lipinski definition) is 2. The number of nitrogens with zero attached hydrogens (tertiary/aromatic N) is 2. The third kappa shape index (κ3) is 4.78. The number of aliphatic hydroxyl groups is 1. The van der Waals surface area contributed by atoms with Gasteiger partial charge in [0.2, 0.25) is 10.0 Å². The van der Waals surface area contributed by atoms with Crippen molar-refractivity contribution in [1.82, 2.24) is 9.80 Å². The van der Waals surface area contributed by atoms with Gasteiger partial charge in [0.15, 0.2) is 0 Å². The molecule has 2 aromatic carbocycles. The topological polar surface area (TPSA) is 107 Å². The normalized spacial score (nSPS) is 17.7. The Morgan fingerprint density at radius 1 is 0.969 bits per heavy atom. The minimum atomic E-state index is -3.35. The molecular formula is C23H27N3O5S. The molecule has 0 atom stereocenters. The third-order valence-corrected chi connectivity index (χ3v) is 7.26. The minimum Gasteiger partial charge on any atom is -0.380 e. The highest BCUT2D eigenvalue weighted by Gasteiger charge is 2.50. The molecule has 32 heavy (non-hydrogen) atoms. The van der Waals surface area contributed by atoms with Crippen LogP contribution in [0.25, 0.3) is 11.1 Å². The summed E-state index contributed by atoms with van der Waals surface area (Å²) in [6.07, 6.45) is 1.04. The van der Waals surface area contributed by atoms with E-state index in [0.717, 1.165) is 11.1 Å². The average molecular weight is 458 g/mol. The average Bonchev–Trinajstić information content (AvgIpc) is 3.57. The van der Waals surface area contributed by atoms with Gasteiger partial charge in [-0.2, -0.15) is 0 Å². The summed E-state index contributed by atoms with van der Waals surface area (Å²) in [4.78, 5) is 28.5. The van der Waals surface area contributed by atoms with Crippen molar-refractivity contribution >= 4 is 27.5 Å². The highest BCUT2D eigenvalue weighted by molar-refractivity contribution is 7.92. The largest absolute Gasteiger partial charge is 0.380 e. The van der Waals surface area contributed by atoms with Gasteiger partial charge in [-0.15, -0.1) is 0 Å². The molecule has 1 saturated heterocycles. The van der Waals surface area contributed by atoms with Gasteiger partial charge in [-0.05, 0) is 55.2 Å². The third-order valence-electron chi connectivity index (χ3n) is 5.96. The SMILES string of the molecule is CCS(=O)(=O)Nc1cccc(-c2ccc(C(=O)N3CCN(C(=O)C4(O)CC4)CC3)cc2)c1. The quantitative estimate of drug-likeness (QED) is 0.689. The molecular weight excluding hydrogens is 430 g/mol. The van der Waals surface area contributed by atoms with Crippen LogP contribution < -0.4 is 4.72 Å². The number of carbonyl (C=O) groups is 2. The summed E-state index contributed by atoms with van der Waals surface area (Å²) in [5.74, 6) is -0.326. The second kappa shape index (κ2) is 8.55. The first-order valence-corrected chi connectivity index (χ1v) is 12.4. The maximum atomic E-state index is 12.9. The Hall–Kier alpha value is -2.91. The van der Waals surface area contributed by atoms with Gasteiger partial charge in [-0.1, -0.05) is 24.3 Å². The number of anilines is 1. The Morgan fingerprint density at radius 2 is 1.59 bits per heavy atom. The molecule has 2 N–H and O–H groups in total. The minimum absolute atomic E-state index is 0.00265. The standard InChI is InChI=1S/C23H27N3O5S/c1-2-32(30,31)24-20-5-3-4-19(16-20)17-6-8-18(9-7-17)21(27)25-12-14-26(15-13-25)22(28)23(29)10-11-23/h3-9,16,24,29H,2,10-15H2,1H3. The number of nitrogens with one attached hydrogen (secondary N) is 1. The summed E-state index contributed by atoms with van der Waals surface area (Å²) >= 11 is 0. The summed E-state index contributed by atoms with van der Waals surface area (Å²) < 4.78 is 26.2. The van der Waals surface area contributed by atoms with Crippen LogP contribution in [0.3, 0.4) is 0 Å². The van der Waals surface area contributed by atoms with Crippen LogP contribution in [-0.2, 0) is 14.8 Å². The van der Waals surface area contributed by atoms with E-state index in [4.69, 9.17) is 0 Å². The molecule has 8 nitrogen and oxygen atoms in total. The summed E-state index contributed by atoms with van der Waals surface area (Å²) in [5.41, 5.74) is 1.58. The fraction of sp³-hybridized carbons (Fsp3) is 0.391. The van der Waals surface area contributed by atoms with Crippen molar-refractivity contribution in [1.29, 1.82) is 0 Å². The lowest BCUT2D eigenvalue weighted by molar-refractivity contribution is -0.143. The lowest BCUT2D eigenvalue weighted by Gasteiger charge is -2.35. The van der Waals surface area contributed by atoms with Gasteiger partial charge >= 0.3 is 0 Å². The second-order valence-electron chi connectivity index (χ2n) is 8.28. The van der Waals surface area contributed by atoms with Crippen molar-refractivity contribution in [3.05, 3.63) is 54.1 Å². The Bertz CT molecular complexity index is 1120. The van der Waals surface area contributed by atoms with Crippen molar-refractivity contribution < 1.29 is 23.1 Å². The summed E-state index contributed by atoms with van der Waals surface area (Å²) in [7, 11) is -3.35. The molecule has 0 unspecified atom stereocenters. The highest BCUT2D eigenvalue weighted by Crippen LogP contribution is 2.37. The van der Waals surface area contributed by atoms with Gasteiger partial charge in [0.25, 0.3) is 11.8 Å². The van der Waals surface area contributed by atoms with Crippen LogP contribution in [-0.4, -0.2) is 72.7 Å². The van der Waals surface area contributed by atoms with E-state index >= 15 is 0 Å². The summed E-state index contributed by atoms with van der Waals surface area (Å²) in [6.45, 7) is 3.29. The molecule has 1 heterocycles. The molecule has 1 aliphatic heterocycles. The van der Waals surface area contributed by atoms with Crippen LogP contribution in [0.5, 0.6) is 0 Å². The molecule has 2 amide bonds. The number of rotatable bonds is 6. The lowest BCUT2D eigenvalue weighted by Crippen LogP contribution is -2.53. The molecule has 0 spiro atoms. The second-order valence-corrected chi connectivity index (χ2v) is 10.3. The summed E-state index contributed by atoms with van der Waals surface area (Å²) in [5, 5.41) is 10.0. The van der Waals surface area contributed by atoms with Crippen molar-refractivity contribution in [3.8, 4) is 11.1 Å². The maximum Gasteiger partial charge on any atom is 0.254 e. The van der Waals surface area contributed by atoms with E-state index in [-0.39, 0.29) is 17.6 Å². The van der Waals surface area contributed by atoms with Gasteiger partial charge in [0.1, 0.15) is 5.60 Å². The molecule has 2 aromatic rings. The number of benzene rings is 2. The zero-order chi connectivity index (χ0) is 22.9. The van der Waals surface area contributed by atoms with Crippen molar-refractivity contribution in [2.75, 3.05) is 36.7 Å². The first kappa shape index (κ1) is 22.3. The van der Waals surface area contributed by atoms with Gasteiger partial charge in [0.05, 0.1) is 5.75 Å². The number of sulfonamides is 1. The molecule has 0 bridgehead atoms. The van der Waals surface area contributed by atoms with Crippen LogP contribution in [0.4, 0.5) is 5.69 Å². The fourth-order valence-corrected chi connectivity index (χ4v) is 4.37. The Balaban J connectivity index is 1.40. The molecule has 2 fully saturated rings. The van der Waals surface area contributed by atoms with Crippen LogP contribution in [0.1, 0.15) is 30.1 Å². The van der Waals surface area contributed by atoms with Gasteiger partial charge in [0, 0.05) is 37.4 Å². The van der Waals surface area contributed by atoms with E-state index in [1.807, 2.05) is 18.2 Å². The molecule has 1 aliphatic carbocycles. The van der Waals surface area contributed by atoms with E-state index in [2.05, 4.69) is 4.72 Å². The van der Waals surface area contributed by atoms with Crippen molar-refractivity contribution in [3.63, 3.8) is 0 Å². The van der Waals surface area contributed by atoms with Gasteiger partial charge in [-0.25, -0.2) is 8.42 Å². The Kier molecular flexibility index (Phi) is 5.96. The van der Waals surface area contributed by atoms with Crippen LogP contribution in [0, 0.1) is 0 Å². The van der Waals surface area contributed by atoms with E-state index in [1.165, 1.54) is 0 Å². The molecule has 170 valence electrons. The van der Waals surface area contributed by atoms with Crippen LogP contribution in [0.15, 0.2) is 48.5 Å². The zero-order valence-corrected chi connectivity index (χ0v) is 18.8. The van der Waals surface area contributed by atoms with Crippen molar-refractivity contribution in [2.24, 2.45) is 0 Å². The van der Waals surface area contributed by atoms with E-state index in [1.54, 1.807) is 47.1 Å². The van der Waals surface area contributed by atoms with Crippen molar-refractivity contribution in [2.45, 2.75) is 25.4 Å². The van der Waals surface area contributed by atoms with Gasteiger partial charge in [-0.3, -0.25) is 14.3 Å². The molecule has 9 heteroatoms. The highest BCUT2D eigenvalue weighted by atomic mass is 32.2. The molecule has 0 radical (unpaired) electrons. The Morgan fingerprint density at radius 3 is 2.19 bits per heavy atom. The Labute approximate surface area is 187 Å². The van der Waals surface area contributed by atoms with E-state index in [9.17, 15) is 23.1 Å². The first-order valence-electron chi connectivity index (χ1n) is 10.7. The number of hydrogen-bond acceptors (Lipinski definition) is 5. The molecule has 4 rings (SSSR count). The predicted octanol–water partition coefficient (Wildman–Crippen LogP) is 1.92. The van der Waals surface area contributed by atoms with Crippen LogP contribution >= 0.6 is 0 Å². The zero-order valence-electron chi connectivity index (χ0n) is 18.0. The number of carbonyl (C=O) groups excluding carboxylic acids is 2. The predicted molar refractivity (Wildman–Crippen MR) is 122 cm³/mol. The fourth-order valence-electron chi connectivity index (χ4n) is 3.74. The summed E-state index contributed by atoms with van der Waals surface area (Å²) in [6, 6.07) is 14.3. The number of amides is 2. The molecule has 0 aromatic heterocycles. The number of piperazine rings is 1. The molecule has 2 aliphatic rings. The van der Waals surface area contributed by atoms with E-state index < -0.39 is 15.6 Å². The smallest absolute Gasteiger partial charge is 0.254 e. The maximum absolute atomic E-state index is 12.9. The lowest BCUT2D eigenvalue weighted by atomic mass is 10.0. The van der Waals surface area contributed by atoms with Crippen LogP contribution in [0.2, 0.25) is 0 Å². The first-order chi connectivity index (χ1) is 15.2. The van der Waals surface area contributed by atoms with E-state index in [0.29, 0.717) is 50.3 Å². The molecule has 1 saturated carbocycles.